The van der Waals surface area contributed by atoms with Gasteiger partial charge in [0.25, 0.3) is 0 Å². The van der Waals surface area contributed by atoms with E-state index >= 15 is 0 Å². The summed E-state index contributed by atoms with van der Waals surface area (Å²) in [5, 5.41) is 0. The van der Waals surface area contributed by atoms with Crippen molar-refractivity contribution in [2.75, 3.05) is 0 Å². The van der Waals surface area contributed by atoms with Crippen molar-refractivity contribution in [3.05, 3.63) is 41.5 Å². The van der Waals surface area contributed by atoms with E-state index in [0.29, 0.717) is 5.56 Å². The van der Waals surface area contributed by atoms with Crippen molar-refractivity contribution >= 4 is 17.4 Å². The van der Waals surface area contributed by atoms with Crippen LogP contribution >= 0.6 is 0 Å². The summed E-state index contributed by atoms with van der Waals surface area (Å²) in [5.74, 6) is -1.30. The number of hydrogen-bond donors (Lipinski definition) is 2. The van der Waals surface area contributed by atoms with E-state index in [4.69, 9.17) is 11.5 Å². The number of carbonyl (C=O) groups excluding carboxylic acids is 2. The molecule has 0 saturated carbocycles. The molecule has 1 aromatic rings. The van der Waals surface area contributed by atoms with Gasteiger partial charge in [-0.05, 0) is 12.5 Å². The van der Waals surface area contributed by atoms with Gasteiger partial charge in [0.1, 0.15) is 0 Å². The summed E-state index contributed by atoms with van der Waals surface area (Å²) >= 11 is 0. The molecule has 0 unspecified atom stereocenters. The molecule has 0 heterocycles. The van der Waals surface area contributed by atoms with Gasteiger partial charge >= 0.3 is 0 Å². The van der Waals surface area contributed by atoms with Gasteiger partial charge in [-0.15, -0.1) is 0 Å². The highest BCUT2D eigenvalue weighted by molar-refractivity contribution is 6.24. The van der Waals surface area contributed by atoms with Gasteiger partial charge in [0.15, 0.2) is 0 Å². The van der Waals surface area contributed by atoms with Crippen molar-refractivity contribution in [3.63, 3.8) is 0 Å². The van der Waals surface area contributed by atoms with Gasteiger partial charge in [-0.2, -0.15) is 0 Å². The Balaban J connectivity index is 3.34. The Morgan fingerprint density at radius 2 is 1.53 bits per heavy atom. The standard InChI is InChI=1S/C11H12N2O2/c1-7(10(12)14)9(11(13)15)8-5-3-2-4-6-8/h2-6H,1H3,(H2,12,14)(H2,13,15). The molecule has 4 heteroatoms. The Morgan fingerprint density at radius 3 is 1.93 bits per heavy atom. The minimum absolute atomic E-state index is 0.170. The SMILES string of the molecule is CC(C(N)=O)=C(C(N)=O)c1ccccc1. The quantitative estimate of drug-likeness (QED) is 0.699. The molecule has 0 aromatic heterocycles. The topological polar surface area (TPSA) is 86.2 Å². The molecule has 1 rings (SSSR count). The van der Waals surface area contributed by atoms with E-state index in [1.165, 1.54) is 6.92 Å². The smallest absolute Gasteiger partial charge is 0.249 e. The third-order valence-electron chi connectivity index (χ3n) is 2.05. The molecule has 0 radical (unpaired) electrons. The summed E-state index contributed by atoms with van der Waals surface area (Å²) < 4.78 is 0. The van der Waals surface area contributed by atoms with Crippen LogP contribution in [0.2, 0.25) is 0 Å². The lowest BCUT2D eigenvalue weighted by Crippen LogP contribution is -2.20. The van der Waals surface area contributed by atoms with Gasteiger partial charge in [0.2, 0.25) is 11.8 Å². The number of primary amides is 2. The van der Waals surface area contributed by atoms with E-state index in [1.54, 1.807) is 24.3 Å². The molecule has 0 atom stereocenters. The van der Waals surface area contributed by atoms with Crippen LogP contribution in [0.25, 0.3) is 5.57 Å². The second kappa shape index (κ2) is 4.41. The largest absolute Gasteiger partial charge is 0.366 e. The fourth-order valence-corrected chi connectivity index (χ4v) is 1.27. The average molecular weight is 204 g/mol. The molecule has 0 spiro atoms. The van der Waals surface area contributed by atoms with Crippen molar-refractivity contribution in [2.24, 2.45) is 11.5 Å². The maximum Gasteiger partial charge on any atom is 0.249 e. The number of carbonyl (C=O) groups is 2. The first kappa shape index (κ1) is 11.0. The predicted octanol–water partition coefficient (Wildman–Crippen LogP) is 0.431. The first-order chi connectivity index (χ1) is 7.04. The highest BCUT2D eigenvalue weighted by atomic mass is 16.2. The van der Waals surface area contributed by atoms with Crippen molar-refractivity contribution in [2.45, 2.75) is 6.92 Å². The Labute approximate surface area is 87.6 Å². The molecule has 0 aliphatic carbocycles. The average Bonchev–Trinajstić information content (AvgIpc) is 2.18. The van der Waals surface area contributed by atoms with Crippen LogP contribution < -0.4 is 11.5 Å². The summed E-state index contributed by atoms with van der Waals surface area (Å²) in [5.41, 5.74) is 11.3. The van der Waals surface area contributed by atoms with Crippen LogP contribution in [0, 0.1) is 0 Å². The monoisotopic (exact) mass is 204 g/mol. The molecule has 15 heavy (non-hydrogen) atoms. The second-order valence-electron chi connectivity index (χ2n) is 3.09. The molecule has 0 bridgehead atoms. The van der Waals surface area contributed by atoms with Crippen LogP contribution in [0.4, 0.5) is 0 Å². The zero-order chi connectivity index (χ0) is 11.4. The number of rotatable bonds is 3. The molecule has 0 aliphatic rings. The number of nitrogens with two attached hydrogens (primary N) is 2. The summed E-state index contributed by atoms with van der Waals surface area (Å²) in [6, 6.07) is 8.72. The zero-order valence-electron chi connectivity index (χ0n) is 8.36. The van der Waals surface area contributed by atoms with Crippen LogP contribution in [0.5, 0.6) is 0 Å². The molecular formula is C11H12N2O2. The molecule has 78 valence electrons. The van der Waals surface area contributed by atoms with Gasteiger partial charge in [-0.3, -0.25) is 9.59 Å². The Kier molecular flexibility index (Phi) is 3.23. The second-order valence-corrected chi connectivity index (χ2v) is 3.09. The third kappa shape index (κ3) is 2.43. The van der Waals surface area contributed by atoms with Crippen LogP contribution in [0.3, 0.4) is 0 Å². The van der Waals surface area contributed by atoms with Gasteiger partial charge < -0.3 is 11.5 Å². The third-order valence-corrected chi connectivity index (χ3v) is 2.05. The summed E-state index contributed by atoms with van der Waals surface area (Å²) in [6.07, 6.45) is 0. The first-order valence-corrected chi connectivity index (χ1v) is 4.40. The molecular weight excluding hydrogens is 192 g/mol. The van der Waals surface area contributed by atoms with Crippen LogP contribution in [0.1, 0.15) is 12.5 Å². The molecule has 0 saturated heterocycles. The van der Waals surface area contributed by atoms with Crippen LogP contribution in [0.15, 0.2) is 35.9 Å². The first-order valence-electron chi connectivity index (χ1n) is 4.40. The van der Waals surface area contributed by atoms with Gasteiger partial charge in [-0.25, -0.2) is 0 Å². The van der Waals surface area contributed by atoms with E-state index in [0.717, 1.165) is 0 Å². The molecule has 2 amide bonds. The van der Waals surface area contributed by atoms with Crippen molar-refractivity contribution in [1.82, 2.24) is 0 Å². The Morgan fingerprint density at radius 1 is 1.00 bits per heavy atom. The van der Waals surface area contributed by atoms with Gasteiger partial charge in [0.05, 0.1) is 5.57 Å². The van der Waals surface area contributed by atoms with Crippen molar-refractivity contribution < 1.29 is 9.59 Å². The number of amides is 2. The maximum atomic E-state index is 11.2. The van der Waals surface area contributed by atoms with Crippen LogP contribution in [-0.2, 0) is 9.59 Å². The lowest BCUT2D eigenvalue weighted by atomic mass is 10.00. The van der Waals surface area contributed by atoms with Crippen LogP contribution in [-0.4, -0.2) is 11.8 Å². The zero-order valence-corrected chi connectivity index (χ0v) is 8.36. The van der Waals surface area contributed by atoms with Crippen molar-refractivity contribution in [1.29, 1.82) is 0 Å². The van der Waals surface area contributed by atoms with Gasteiger partial charge in [-0.1, -0.05) is 30.3 Å². The minimum Gasteiger partial charge on any atom is -0.366 e. The number of hydrogen-bond acceptors (Lipinski definition) is 2. The van der Waals surface area contributed by atoms with E-state index < -0.39 is 11.8 Å². The van der Waals surface area contributed by atoms with E-state index in [2.05, 4.69) is 0 Å². The Bertz CT molecular complexity index is 421. The molecule has 0 fully saturated rings. The fraction of sp³-hybridized carbons (Fsp3) is 0.0909. The molecule has 4 N–H and O–H groups in total. The minimum atomic E-state index is -0.655. The predicted molar refractivity (Wildman–Crippen MR) is 57.4 cm³/mol. The lowest BCUT2D eigenvalue weighted by Gasteiger charge is -2.06. The maximum absolute atomic E-state index is 11.2. The van der Waals surface area contributed by atoms with E-state index in [1.807, 2.05) is 6.07 Å². The highest BCUT2D eigenvalue weighted by Gasteiger charge is 2.14. The molecule has 0 aliphatic heterocycles. The normalized spacial score (nSPS) is 11.8. The number of benzene rings is 1. The summed E-state index contributed by atoms with van der Waals surface area (Å²) in [6.45, 7) is 1.48. The van der Waals surface area contributed by atoms with Gasteiger partial charge in [0, 0.05) is 5.57 Å². The fourth-order valence-electron chi connectivity index (χ4n) is 1.27. The molecule has 1 aromatic carbocycles. The summed E-state index contributed by atoms with van der Waals surface area (Å²) in [7, 11) is 0. The Hall–Kier alpha value is -2.10. The van der Waals surface area contributed by atoms with E-state index in [-0.39, 0.29) is 11.1 Å². The van der Waals surface area contributed by atoms with Crippen molar-refractivity contribution in [3.8, 4) is 0 Å². The lowest BCUT2D eigenvalue weighted by molar-refractivity contribution is -0.115. The molecule has 4 nitrogen and oxygen atoms in total. The highest BCUT2D eigenvalue weighted by Crippen LogP contribution is 2.17. The summed E-state index contributed by atoms with van der Waals surface area (Å²) in [4.78, 5) is 22.2. The van der Waals surface area contributed by atoms with E-state index in [9.17, 15) is 9.59 Å².